The number of phenols is 2. The number of hydrogen-bond donors (Lipinski definition) is 5. The van der Waals surface area contributed by atoms with Gasteiger partial charge in [-0.1, -0.05) is 49.4 Å². The van der Waals surface area contributed by atoms with Crippen molar-refractivity contribution < 1.29 is 46.7 Å². The summed E-state index contributed by atoms with van der Waals surface area (Å²) in [6.45, 7) is 0.272. The van der Waals surface area contributed by atoms with Crippen LogP contribution in [-0.4, -0.2) is 106 Å². The van der Waals surface area contributed by atoms with Crippen LogP contribution in [0, 0.1) is 0 Å². The zero-order chi connectivity index (χ0) is 38.6. The Morgan fingerprint density at radius 2 is 1.28 bits per heavy atom. The number of ether oxygens (including phenoxy) is 2. The third-order valence-corrected chi connectivity index (χ3v) is 10.1. The fourth-order valence-corrected chi connectivity index (χ4v) is 7.37. The van der Waals surface area contributed by atoms with Crippen LogP contribution in [-0.2, 0) is 20.0 Å². The molecule has 54 heavy (non-hydrogen) atoms. The van der Waals surface area contributed by atoms with Gasteiger partial charge in [0.15, 0.2) is 34.0 Å². The number of aromatic hydroxyl groups is 2. The predicted octanol–water partition coefficient (Wildman–Crippen LogP) is 3.51. The highest BCUT2D eigenvalue weighted by Gasteiger charge is 2.31. The Hall–Kier alpha value is -5.53. The molecule has 0 atom stereocenters. The highest BCUT2D eigenvalue weighted by molar-refractivity contribution is 7.91. The van der Waals surface area contributed by atoms with Gasteiger partial charge in [-0.15, -0.1) is 8.80 Å². The molecule has 0 spiro atoms. The van der Waals surface area contributed by atoms with Crippen molar-refractivity contribution in [1.82, 2.24) is 10.4 Å². The van der Waals surface area contributed by atoms with Crippen molar-refractivity contribution in [2.45, 2.75) is 17.2 Å². The van der Waals surface area contributed by atoms with Crippen LogP contribution in [0.15, 0.2) is 114 Å². The zero-order valence-electron chi connectivity index (χ0n) is 28.2. The first-order valence-corrected chi connectivity index (χ1v) is 18.7. The minimum atomic E-state index is -3.78. The lowest BCUT2D eigenvalue weighted by molar-refractivity contribution is 0.254. The molecule has 0 saturated carbocycles. The Morgan fingerprint density at radius 3 is 1.81 bits per heavy atom. The molecule has 2 aliphatic heterocycles. The van der Waals surface area contributed by atoms with Gasteiger partial charge >= 0.3 is 0 Å². The van der Waals surface area contributed by atoms with E-state index in [1.165, 1.54) is 49.7 Å². The minimum absolute atomic E-state index is 0. The maximum absolute atomic E-state index is 12.2. The molecular weight excluding hydrogens is 764 g/mol. The first kappa shape index (κ1) is 42.9. The van der Waals surface area contributed by atoms with Crippen LogP contribution in [0.1, 0.15) is 29.7 Å². The third kappa shape index (κ3) is 10.8. The van der Waals surface area contributed by atoms with Gasteiger partial charge in [-0.25, -0.2) is 5.01 Å². The minimum Gasteiger partial charge on any atom is -0.504 e. The first-order chi connectivity index (χ1) is 25.3. The fraction of sp³-hybridized carbons (Fsp3) is 0.200. The van der Waals surface area contributed by atoms with E-state index < -0.39 is 20.0 Å². The summed E-state index contributed by atoms with van der Waals surface area (Å²) in [4.78, 5) is 0.300. The van der Waals surface area contributed by atoms with E-state index in [4.69, 9.17) is 26.2 Å². The van der Waals surface area contributed by atoms with Gasteiger partial charge in [-0.2, -0.15) is 27.0 Å². The maximum atomic E-state index is 12.2. The maximum Gasteiger partial charge on any atom is 0.285 e. The van der Waals surface area contributed by atoms with Crippen molar-refractivity contribution in [2.75, 3.05) is 40.5 Å². The first-order valence-electron chi connectivity index (χ1n) is 15.4. The molecule has 4 aromatic carbocycles. The van der Waals surface area contributed by atoms with Crippen LogP contribution in [0.25, 0.3) is 0 Å². The Labute approximate surface area is 318 Å². The van der Waals surface area contributed by atoms with Gasteiger partial charge in [0.1, 0.15) is 4.90 Å². The summed E-state index contributed by atoms with van der Waals surface area (Å²) in [5.41, 5.74) is 4.99. The lowest BCUT2D eigenvalue weighted by atomic mass is 10.2. The van der Waals surface area contributed by atoms with Gasteiger partial charge < -0.3 is 35.3 Å². The molecule has 2 aliphatic rings. The fourth-order valence-electron chi connectivity index (χ4n) is 4.57. The lowest BCUT2D eigenvalue weighted by Crippen LogP contribution is -2.28. The molecule has 2 heterocycles. The molecule has 19 heteroatoms. The van der Waals surface area contributed by atoms with Crippen LogP contribution < -0.4 is 14.9 Å². The quantitative estimate of drug-likeness (QED) is 0.0881. The topological polar surface area (TPSA) is 232 Å². The van der Waals surface area contributed by atoms with E-state index in [2.05, 4.69) is 24.4 Å². The summed E-state index contributed by atoms with van der Waals surface area (Å²) in [6.07, 6.45) is 3.05. The van der Waals surface area contributed by atoms with Gasteiger partial charge in [0.25, 0.3) is 20.0 Å². The van der Waals surface area contributed by atoms with Crippen LogP contribution in [0.2, 0.25) is 0 Å². The number of nitrogens with one attached hydrogen (secondary N) is 1. The molecule has 5 N–H and O–H groups in total. The van der Waals surface area contributed by atoms with E-state index in [0.29, 0.717) is 29.0 Å². The van der Waals surface area contributed by atoms with Crippen molar-refractivity contribution in [3.63, 3.8) is 0 Å². The summed E-state index contributed by atoms with van der Waals surface area (Å²) in [7, 11) is -4.36. The molecule has 288 valence electrons. The van der Waals surface area contributed by atoms with Crippen molar-refractivity contribution in [3.8, 4) is 23.0 Å². The Balaban J connectivity index is 0.000000237. The molecule has 0 fully saturated rings. The second kappa shape index (κ2) is 19.5. The van der Waals surface area contributed by atoms with Crippen molar-refractivity contribution >= 4 is 55.1 Å². The zero-order valence-corrected chi connectivity index (χ0v) is 30.6. The number of halogens is 1. The van der Waals surface area contributed by atoms with E-state index in [9.17, 15) is 32.2 Å². The molecular formula is C35H39ClN6O10S2. The SMILES string of the molecule is C.COc1cc(/C=N/N(CCO)C2=NS(=O)(=O)c3ccccc32)ccc1O.COc1cc(/C=N/NCCO)ccc1O.O=S1(=O)N=C(Cl)c2ccccc21. The molecule has 6 rings (SSSR count). The van der Waals surface area contributed by atoms with E-state index in [-0.39, 0.29) is 65.2 Å². The monoisotopic (exact) mass is 802 g/mol. The number of rotatable bonds is 10. The largest absolute Gasteiger partial charge is 0.504 e. The van der Waals surface area contributed by atoms with Crippen LogP contribution in [0.4, 0.5) is 0 Å². The van der Waals surface area contributed by atoms with Crippen LogP contribution >= 0.6 is 11.6 Å². The van der Waals surface area contributed by atoms with Crippen molar-refractivity contribution in [1.29, 1.82) is 0 Å². The number of fused-ring (bicyclic) bond motifs is 2. The number of methoxy groups -OCH3 is 2. The highest BCUT2D eigenvalue weighted by atomic mass is 35.5. The number of sulfonamides is 2. The van der Waals surface area contributed by atoms with Gasteiger partial charge in [0.2, 0.25) is 0 Å². The molecule has 0 aliphatic carbocycles. The molecule has 0 saturated heterocycles. The molecule has 0 bridgehead atoms. The van der Waals surface area contributed by atoms with Crippen molar-refractivity contribution in [3.05, 3.63) is 107 Å². The van der Waals surface area contributed by atoms with E-state index in [1.807, 2.05) is 0 Å². The van der Waals surface area contributed by atoms with Gasteiger partial charge in [0, 0.05) is 11.1 Å². The normalized spacial score (nSPS) is 14.2. The second-order valence-corrected chi connectivity index (χ2v) is 14.1. The number of hydrogen-bond acceptors (Lipinski definition) is 14. The van der Waals surface area contributed by atoms with E-state index in [1.54, 1.807) is 66.9 Å². The number of amidine groups is 1. The second-order valence-electron chi connectivity index (χ2n) is 10.6. The summed E-state index contributed by atoms with van der Waals surface area (Å²) in [5, 5.41) is 46.3. The number of aliphatic hydroxyl groups excluding tert-OH is 2. The molecule has 0 aromatic heterocycles. The number of nitrogens with zero attached hydrogens (tertiary/aromatic N) is 5. The molecule has 16 nitrogen and oxygen atoms in total. The number of aliphatic hydroxyl groups is 2. The summed E-state index contributed by atoms with van der Waals surface area (Å²) >= 11 is 5.60. The summed E-state index contributed by atoms with van der Waals surface area (Å²) in [5.74, 6) is 0.932. The molecule has 0 unspecified atom stereocenters. The number of hydrazone groups is 2. The Kier molecular flexibility index (Phi) is 15.5. The predicted molar refractivity (Wildman–Crippen MR) is 206 cm³/mol. The van der Waals surface area contributed by atoms with Gasteiger partial charge in [-0.05, 0) is 65.7 Å². The van der Waals surface area contributed by atoms with E-state index in [0.717, 1.165) is 5.56 Å². The van der Waals surface area contributed by atoms with E-state index >= 15 is 0 Å². The summed E-state index contributed by atoms with van der Waals surface area (Å²) in [6, 6.07) is 22.5. The Bertz CT molecular complexity index is 2270. The Morgan fingerprint density at radius 1 is 0.759 bits per heavy atom. The van der Waals surface area contributed by atoms with Gasteiger partial charge in [0.05, 0.1) is 57.8 Å². The molecule has 4 aromatic rings. The standard InChI is InChI=1S/C17H17N3O5S.C10H14N2O3.C7H4ClNO2S.CH4/c1-25-15-10-12(6-7-14(15)22)11-18-20(8-9-21)17-13-4-2-3-5-16(13)26(23,24)19-17;1-15-10-6-8(2-3-9(10)14)7-12-11-4-5-13;8-7-5-3-1-2-4-6(5)12(10,11)9-7;/h2-7,10-11,21-22H,8-9H2,1H3;2-3,6-7,11,13-14H,4-5H2,1H3;1-4H;1H4/b18-11+;12-7+;;. The molecule has 0 radical (unpaired) electrons. The summed E-state index contributed by atoms with van der Waals surface area (Å²) < 4.78 is 63.9. The number of benzene rings is 4. The van der Waals surface area contributed by atoms with Crippen LogP contribution in [0.5, 0.6) is 23.0 Å². The third-order valence-electron chi connectivity index (χ3n) is 7.04. The average Bonchev–Trinajstić information content (AvgIpc) is 3.57. The number of phenolic OH excluding ortho intramolecular Hbond substituents is 2. The van der Waals surface area contributed by atoms with Crippen LogP contribution in [0.3, 0.4) is 0 Å². The van der Waals surface area contributed by atoms with Crippen molar-refractivity contribution in [2.24, 2.45) is 19.0 Å². The molecule has 0 amide bonds. The van der Waals surface area contributed by atoms with Gasteiger partial charge in [-0.3, -0.25) is 0 Å². The highest BCUT2D eigenvalue weighted by Crippen LogP contribution is 2.29. The average molecular weight is 803 g/mol. The smallest absolute Gasteiger partial charge is 0.285 e. The lowest BCUT2D eigenvalue weighted by Gasteiger charge is -2.17.